The minimum Gasteiger partial charge on any atom is -0.465 e. The van der Waals surface area contributed by atoms with E-state index in [1.165, 1.54) is 13.5 Å². The average molecular weight is 383 g/mol. The lowest BCUT2D eigenvalue weighted by Gasteiger charge is -2.34. The van der Waals surface area contributed by atoms with E-state index < -0.39 is 16.0 Å². The minimum absolute atomic E-state index is 0.0910. The number of nitrogens with zero attached hydrogens (tertiary/aromatic N) is 1. The van der Waals surface area contributed by atoms with Crippen LogP contribution in [0.1, 0.15) is 42.6 Å². The molecule has 1 aliphatic heterocycles. The predicted molar refractivity (Wildman–Crippen MR) is 102 cm³/mol. The fourth-order valence-electron chi connectivity index (χ4n) is 3.63. The Kier molecular flexibility index (Phi) is 7.61. The molecule has 0 aromatic heterocycles. The van der Waals surface area contributed by atoms with Gasteiger partial charge in [-0.25, -0.2) is 17.9 Å². The number of methoxy groups -OCH3 is 1. The number of carbonyl (C=O) groups is 1. The quantitative estimate of drug-likeness (QED) is 0.551. The molecule has 1 heterocycles. The van der Waals surface area contributed by atoms with E-state index in [0.29, 0.717) is 29.5 Å². The number of hydrogen-bond donors (Lipinski definition) is 1. The highest BCUT2D eigenvalue weighted by Gasteiger charge is 2.21. The minimum atomic E-state index is -3.38. The van der Waals surface area contributed by atoms with E-state index in [9.17, 15) is 13.2 Å². The van der Waals surface area contributed by atoms with Gasteiger partial charge < -0.3 is 9.64 Å². The molecule has 0 spiro atoms. The number of nitrogens with one attached hydrogen (secondary N) is 1. The molecule has 1 fully saturated rings. The molecule has 2 atom stereocenters. The lowest BCUT2D eigenvalue weighted by molar-refractivity contribution is 0.0600. The second kappa shape index (κ2) is 9.48. The van der Waals surface area contributed by atoms with Crippen molar-refractivity contribution in [1.29, 1.82) is 0 Å². The van der Waals surface area contributed by atoms with Crippen molar-refractivity contribution in [2.45, 2.75) is 32.4 Å². The van der Waals surface area contributed by atoms with Gasteiger partial charge in [0.05, 0.1) is 18.4 Å². The first-order valence-corrected chi connectivity index (χ1v) is 10.8. The zero-order valence-electron chi connectivity index (χ0n) is 15.9. The lowest BCUT2D eigenvalue weighted by atomic mass is 9.92. The Hall–Kier alpha value is -1.44. The molecule has 1 aromatic rings. The molecule has 1 aliphatic rings. The first-order valence-electron chi connectivity index (χ1n) is 9.16. The van der Waals surface area contributed by atoms with Gasteiger partial charge in [0.25, 0.3) is 0 Å². The Balaban J connectivity index is 1.75. The Morgan fingerprint density at radius 1 is 1.19 bits per heavy atom. The highest BCUT2D eigenvalue weighted by molar-refractivity contribution is 7.88. The molecule has 0 bridgehead atoms. The molecule has 0 saturated carbocycles. The van der Waals surface area contributed by atoms with E-state index in [-0.39, 0.29) is 5.75 Å². The van der Waals surface area contributed by atoms with Crippen molar-refractivity contribution in [1.82, 2.24) is 9.62 Å². The first kappa shape index (κ1) is 20.9. The van der Waals surface area contributed by atoms with Gasteiger partial charge >= 0.3 is 5.97 Å². The first-order chi connectivity index (χ1) is 12.3. The van der Waals surface area contributed by atoms with E-state index in [0.717, 1.165) is 26.1 Å². The zero-order valence-corrected chi connectivity index (χ0v) is 16.7. The van der Waals surface area contributed by atoms with Gasteiger partial charge in [0, 0.05) is 19.6 Å². The van der Waals surface area contributed by atoms with Gasteiger partial charge in [-0.3, -0.25) is 0 Å². The molecule has 0 aliphatic carbocycles. The number of carbonyl (C=O) groups excluding carboxylic acids is 1. The Bertz CT molecular complexity index is 678. The van der Waals surface area contributed by atoms with Crippen LogP contribution >= 0.6 is 0 Å². The number of sulfonamides is 1. The lowest BCUT2D eigenvalue weighted by Crippen LogP contribution is -2.40. The third kappa shape index (κ3) is 6.70. The van der Waals surface area contributed by atoms with Gasteiger partial charge in [0.1, 0.15) is 0 Å². The molecule has 0 amide bonds. The van der Waals surface area contributed by atoms with Crippen LogP contribution in [0, 0.1) is 11.8 Å². The summed E-state index contributed by atoms with van der Waals surface area (Å²) in [6, 6.07) is 6.44. The molecule has 1 N–H and O–H groups in total. The van der Waals surface area contributed by atoms with E-state index >= 15 is 0 Å². The summed E-state index contributed by atoms with van der Waals surface area (Å²) in [5, 5.41) is 0. The third-order valence-electron chi connectivity index (χ3n) is 4.65. The Morgan fingerprint density at radius 3 is 2.38 bits per heavy atom. The number of hydrogen-bond acceptors (Lipinski definition) is 5. The molecule has 1 saturated heterocycles. The summed E-state index contributed by atoms with van der Waals surface area (Å²) in [5.41, 5.74) is 1.05. The molecule has 7 heteroatoms. The number of benzene rings is 1. The predicted octanol–water partition coefficient (Wildman–Crippen LogP) is 2.26. The molecule has 26 heavy (non-hydrogen) atoms. The van der Waals surface area contributed by atoms with Crippen LogP contribution in [0.2, 0.25) is 0 Å². The van der Waals surface area contributed by atoms with Gasteiger partial charge in [-0.1, -0.05) is 26.0 Å². The fraction of sp³-hybridized carbons (Fsp3) is 0.632. The number of ether oxygens (including phenoxy) is 1. The van der Waals surface area contributed by atoms with Gasteiger partial charge in [0.15, 0.2) is 0 Å². The molecule has 0 radical (unpaired) electrons. The summed E-state index contributed by atoms with van der Waals surface area (Å²) in [7, 11) is -2.07. The topological polar surface area (TPSA) is 75.7 Å². The van der Waals surface area contributed by atoms with Crippen molar-refractivity contribution < 1.29 is 17.9 Å². The smallest absolute Gasteiger partial charge is 0.337 e. The highest BCUT2D eigenvalue weighted by atomic mass is 32.2. The summed E-state index contributed by atoms with van der Waals surface area (Å²) in [6.07, 6.45) is 2.08. The van der Waals surface area contributed by atoms with Crippen molar-refractivity contribution in [3.63, 3.8) is 0 Å². The fourth-order valence-corrected chi connectivity index (χ4v) is 4.82. The monoisotopic (exact) mass is 382 g/mol. The van der Waals surface area contributed by atoms with Gasteiger partial charge in [0.2, 0.25) is 10.0 Å². The van der Waals surface area contributed by atoms with Crippen molar-refractivity contribution in [2.75, 3.05) is 33.3 Å². The molecular formula is C19H30N2O4S. The number of rotatable bonds is 8. The van der Waals surface area contributed by atoms with E-state index in [1.807, 2.05) is 0 Å². The van der Waals surface area contributed by atoms with E-state index in [4.69, 9.17) is 0 Å². The maximum Gasteiger partial charge on any atom is 0.337 e. The SMILES string of the molecule is COC(=O)c1ccc(CS(=O)(=O)NCCCN2C[C@H](C)C[C@@H](C)C2)cc1. The standard InChI is InChI=1S/C19H30N2O4S/c1-15-11-16(2)13-21(12-15)10-4-9-20-26(23,24)14-17-5-7-18(8-6-17)19(22)25-3/h5-8,15-16,20H,4,9-14H2,1-3H3/t15-,16-/m1/s1. The van der Waals surface area contributed by atoms with Crippen LogP contribution < -0.4 is 4.72 Å². The van der Waals surface area contributed by atoms with Crippen LogP contribution in [0.5, 0.6) is 0 Å². The third-order valence-corrected chi connectivity index (χ3v) is 6.01. The largest absolute Gasteiger partial charge is 0.465 e. The zero-order chi connectivity index (χ0) is 19.2. The van der Waals surface area contributed by atoms with Crippen LogP contribution in [-0.4, -0.2) is 52.6 Å². The van der Waals surface area contributed by atoms with Gasteiger partial charge in [-0.2, -0.15) is 0 Å². The highest BCUT2D eigenvalue weighted by Crippen LogP contribution is 2.20. The van der Waals surface area contributed by atoms with Crippen molar-refractivity contribution in [3.05, 3.63) is 35.4 Å². The second-order valence-corrected chi connectivity index (χ2v) is 9.21. The summed E-state index contributed by atoms with van der Waals surface area (Å²) in [4.78, 5) is 13.8. The molecule has 0 unspecified atom stereocenters. The van der Waals surface area contributed by atoms with Crippen molar-refractivity contribution in [3.8, 4) is 0 Å². The Morgan fingerprint density at radius 2 is 1.81 bits per heavy atom. The summed E-state index contributed by atoms with van der Waals surface area (Å²) in [5.74, 6) is 0.900. The van der Waals surface area contributed by atoms with Crippen LogP contribution in [0.3, 0.4) is 0 Å². The molecule has 1 aromatic carbocycles. The molecular weight excluding hydrogens is 352 g/mol. The summed E-state index contributed by atoms with van der Waals surface area (Å²) >= 11 is 0. The maximum atomic E-state index is 12.2. The normalized spacial score (nSPS) is 21.5. The maximum absolute atomic E-state index is 12.2. The number of piperidine rings is 1. The van der Waals surface area contributed by atoms with E-state index in [1.54, 1.807) is 24.3 Å². The molecule has 146 valence electrons. The van der Waals surface area contributed by atoms with Crippen molar-refractivity contribution >= 4 is 16.0 Å². The van der Waals surface area contributed by atoms with Gasteiger partial charge in [-0.05, 0) is 48.9 Å². The summed E-state index contributed by atoms with van der Waals surface area (Å²) in [6.45, 7) is 8.12. The number of esters is 1. The van der Waals surface area contributed by atoms with Crippen LogP contribution in [-0.2, 0) is 20.5 Å². The van der Waals surface area contributed by atoms with Crippen LogP contribution in [0.4, 0.5) is 0 Å². The van der Waals surface area contributed by atoms with Crippen LogP contribution in [0.25, 0.3) is 0 Å². The van der Waals surface area contributed by atoms with E-state index in [2.05, 4.69) is 28.2 Å². The van der Waals surface area contributed by atoms with Crippen LogP contribution in [0.15, 0.2) is 24.3 Å². The number of likely N-dealkylation sites (tertiary alicyclic amines) is 1. The second-order valence-electron chi connectivity index (χ2n) is 7.40. The van der Waals surface area contributed by atoms with Gasteiger partial charge in [-0.15, -0.1) is 0 Å². The van der Waals surface area contributed by atoms with Crippen molar-refractivity contribution in [2.24, 2.45) is 11.8 Å². The summed E-state index contributed by atoms with van der Waals surface area (Å²) < 4.78 is 31.7. The molecule has 6 nitrogen and oxygen atoms in total. The molecule has 2 rings (SSSR count). The average Bonchev–Trinajstić information content (AvgIpc) is 2.57. The Labute approximate surface area is 157 Å².